The third kappa shape index (κ3) is 3.96. The summed E-state index contributed by atoms with van der Waals surface area (Å²) in [6.45, 7) is 1.82. The van der Waals surface area contributed by atoms with Crippen LogP contribution in [0.1, 0.15) is 12.5 Å². The largest absolute Gasteiger partial charge is 0.431 e. The van der Waals surface area contributed by atoms with E-state index in [9.17, 15) is 9.90 Å². The molecule has 0 aliphatic rings. The number of benzene rings is 2. The maximum Gasteiger partial charge on any atom is 0.257 e. The van der Waals surface area contributed by atoms with Crippen molar-refractivity contribution in [3.8, 4) is 0 Å². The summed E-state index contributed by atoms with van der Waals surface area (Å²) in [5.41, 5.74) is 1.12. The second kappa shape index (κ2) is 7.07. The minimum atomic E-state index is -1.11. The number of oxazole rings is 1. The van der Waals surface area contributed by atoms with E-state index in [2.05, 4.69) is 10.3 Å². The summed E-state index contributed by atoms with van der Waals surface area (Å²) in [5, 5.41) is 13.7. The molecule has 3 aromatic rings. The van der Waals surface area contributed by atoms with Crippen LogP contribution in [0.5, 0.6) is 0 Å². The highest BCUT2D eigenvalue weighted by molar-refractivity contribution is 7.99. The normalized spacial score (nSPS) is 13.6. The first-order valence-electron chi connectivity index (χ1n) is 7.57. The molecule has 6 heteroatoms. The Bertz CT molecular complexity index is 797. The Labute approximate surface area is 144 Å². The average Bonchev–Trinajstić information content (AvgIpc) is 3.02. The van der Waals surface area contributed by atoms with Gasteiger partial charge >= 0.3 is 0 Å². The van der Waals surface area contributed by atoms with Gasteiger partial charge in [-0.15, -0.1) is 0 Å². The predicted molar refractivity (Wildman–Crippen MR) is 93.8 cm³/mol. The number of carbonyl (C=O) groups is 1. The molecule has 0 saturated carbocycles. The highest BCUT2D eigenvalue weighted by Gasteiger charge is 2.23. The molecule has 24 heavy (non-hydrogen) atoms. The second-order valence-electron chi connectivity index (χ2n) is 5.65. The molecule has 1 amide bonds. The van der Waals surface area contributed by atoms with Crippen LogP contribution in [-0.2, 0) is 10.4 Å². The molecule has 2 N–H and O–H groups in total. The van der Waals surface area contributed by atoms with E-state index in [4.69, 9.17) is 4.42 Å². The number of rotatable bonds is 6. The van der Waals surface area contributed by atoms with Crippen molar-refractivity contribution in [2.75, 3.05) is 12.3 Å². The van der Waals surface area contributed by atoms with Crippen LogP contribution in [-0.4, -0.2) is 28.3 Å². The van der Waals surface area contributed by atoms with Gasteiger partial charge in [-0.25, -0.2) is 4.98 Å². The van der Waals surface area contributed by atoms with Crippen molar-refractivity contribution in [1.82, 2.24) is 10.3 Å². The first-order chi connectivity index (χ1) is 11.5. The summed E-state index contributed by atoms with van der Waals surface area (Å²) >= 11 is 1.23. The molecule has 124 valence electrons. The maximum atomic E-state index is 12.0. The van der Waals surface area contributed by atoms with Crippen molar-refractivity contribution in [2.45, 2.75) is 17.7 Å². The topological polar surface area (TPSA) is 75.4 Å². The monoisotopic (exact) mass is 342 g/mol. The van der Waals surface area contributed by atoms with Gasteiger partial charge in [-0.2, -0.15) is 0 Å². The van der Waals surface area contributed by atoms with E-state index >= 15 is 0 Å². The molecule has 3 rings (SSSR count). The number of hydrogen-bond donors (Lipinski definition) is 2. The van der Waals surface area contributed by atoms with Crippen LogP contribution < -0.4 is 5.32 Å². The smallest absolute Gasteiger partial charge is 0.257 e. The predicted octanol–water partition coefficient (Wildman–Crippen LogP) is 2.94. The minimum Gasteiger partial charge on any atom is -0.431 e. The average molecular weight is 342 g/mol. The Morgan fingerprint density at radius 2 is 1.92 bits per heavy atom. The molecule has 1 unspecified atom stereocenters. The van der Waals surface area contributed by atoms with E-state index in [1.165, 1.54) is 11.8 Å². The number of aliphatic hydroxyl groups is 1. The van der Waals surface area contributed by atoms with Crippen molar-refractivity contribution in [1.29, 1.82) is 0 Å². The molecular weight excluding hydrogens is 324 g/mol. The lowest BCUT2D eigenvalue weighted by Crippen LogP contribution is -2.39. The van der Waals surface area contributed by atoms with E-state index in [0.717, 1.165) is 11.1 Å². The molecule has 0 aliphatic heterocycles. The highest BCUT2D eigenvalue weighted by atomic mass is 32.2. The van der Waals surface area contributed by atoms with Gasteiger partial charge in [0.1, 0.15) is 11.1 Å². The summed E-state index contributed by atoms with van der Waals surface area (Å²) < 4.78 is 5.56. The second-order valence-corrected chi connectivity index (χ2v) is 6.58. The van der Waals surface area contributed by atoms with Gasteiger partial charge in [0, 0.05) is 0 Å². The lowest BCUT2D eigenvalue weighted by Gasteiger charge is -2.24. The SMILES string of the molecule is CC(O)(CNC(=O)CSc1nc2ccccc2o1)c1ccccc1. The fourth-order valence-electron chi connectivity index (χ4n) is 2.26. The molecule has 0 fully saturated rings. The quantitative estimate of drug-likeness (QED) is 0.674. The number of aromatic nitrogens is 1. The van der Waals surface area contributed by atoms with E-state index in [0.29, 0.717) is 10.8 Å². The van der Waals surface area contributed by atoms with Gasteiger partial charge in [-0.05, 0) is 24.6 Å². The molecule has 0 radical (unpaired) electrons. The number of nitrogens with one attached hydrogen (secondary N) is 1. The molecule has 1 atom stereocenters. The highest BCUT2D eigenvalue weighted by Crippen LogP contribution is 2.23. The number of nitrogens with zero attached hydrogens (tertiary/aromatic N) is 1. The summed E-state index contributed by atoms with van der Waals surface area (Å²) in [6.07, 6.45) is 0. The zero-order chi connectivity index (χ0) is 17.0. The summed E-state index contributed by atoms with van der Waals surface area (Å²) in [6, 6.07) is 16.7. The van der Waals surface area contributed by atoms with E-state index in [1.54, 1.807) is 6.92 Å². The third-order valence-electron chi connectivity index (χ3n) is 3.63. The Kier molecular flexibility index (Phi) is 4.87. The van der Waals surface area contributed by atoms with Crippen molar-refractivity contribution in [3.05, 3.63) is 60.2 Å². The first-order valence-corrected chi connectivity index (χ1v) is 8.56. The van der Waals surface area contributed by atoms with E-state index in [1.807, 2.05) is 54.6 Å². The molecule has 2 aromatic carbocycles. The summed E-state index contributed by atoms with van der Waals surface area (Å²) in [4.78, 5) is 16.3. The van der Waals surface area contributed by atoms with Crippen molar-refractivity contribution in [2.24, 2.45) is 0 Å². The van der Waals surface area contributed by atoms with Crippen LogP contribution >= 0.6 is 11.8 Å². The Balaban J connectivity index is 1.52. The van der Waals surface area contributed by atoms with Crippen LogP contribution in [0, 0.1) is 0 Å². The number of hydrogen-bond acceptors (Lipinski definition) is 5. The molecule has 0 spiro atoms. The number of fused-ring (bicyclic) bond motifs is 1. The standard InChI is InChI=1S/C18H18N2O3S/c1-18(22,13-7-3-2-4-8-13)12-19-16(21)11-24-17-20-14-9-5-6-10-15(14)23-17/h2-10,22H,11-12H2,1H3,(H,19,21). The molecule has 5 nitrogen and oxygen atoms in total. The first kappa shape index (κ1) is 16.5. The van der Waals surface area contributed by atoms with Crippen molar-refractivity contribution < 1.29 is 14.3 Å². The fourth-order valence-corrected chi connectivity index (χ4v) is 2.93. The van der Waals surface area contributed by atoms with Gasteiger partial charge < -0.3 is 14.8 Å². The number of amides is 1. The van der Waals surface area contributed by atoms with Gasteiger partial charge in [-0.1, -0.05) is 54.2 Å². The van der Waals surface area contributed by atoms with Crippen LogP contribution in [0.3, 0.4) is 0 Å². The van der Waals surface area contributed by atoms with E-state index < -0.39 is 5.60 Å². The van der Waals surface area contributed by atoms with Crippen LogP contribution in [0.15, 0.2) is 64.2 Å². The lowest BCUT2D eigenvalue weighted by molar-refractivity contribution is -0.119. The zero-order valence-corrected chi connectivity index (χ0v) is 14.0. The Morgan fingerprint density at radius 1 is 1.21 bits per heavy atom. The van der Waals surface area contributed by atoms with Gasteiger partial charge in [0.25, 0.3) is 5.22 Å². The maximum absolute atomic E-state index is 12.0. The minimum absolute atomic E-state index is 0.143. The Hall–Kier alpha value is -2.31. The van der Waals surface area contributed by atoms with Gasteiger partial charge in [0.05, 0.1) is 12.3 Å². The molecule has 1 aromatic heterocycles. The summed E-state index contributed by atoms with van der Waals surface area (Å²) in [7, 11) is 0. The molecule has 0 bridgehead atoms. The van der Waals surface area contributed by atoms with Crippen LogP contribution in [0.2, 0.25) is 0 Å². The Morgan fingerprint density at radius 3 is 2.67 bits per heavy atom. The van der Waals surface area contributed by atoms with Crippen molar-refractivity contribution >= 4 is 28.8 Å². The zero-order valence-electron chi connectivity index (χ0n) is 13.2. The number of para-hydroxylation sites is 2. The third-order valence-corrected chi connectivity index (χ3v) is 4.45. The molecular formula is C18H18N2O3S. The van der Waals surface area contributed by atoms with Crippen molar-refractivity contribution in [3.63, 3.8) is 0 Å². The summed E-state index contributed by atoms with van der Waals surface area (Å²) in [5.74, 6) is -0.00371. The molecule has 0 aliphatic carbocycles. The van der Waals surface area contributed by atoms with Gasteiger partial charge in [0.2, 0.25) is 5.91 Å². The molecule has 1 heterocycles. The number of thioether (sulfide) groups is 1. The van der Waals surface area contributed by atoms with Crippen LogP contribution in [0.25, 0.3) is 11.1 Å². The van der Waals surface area contributed by atoms with Gasteiger partial charge in [-0.3, -0.25) is 4.79 Å². The fraction of sp³-hybridized carbons (Fsp3) is 0.222. The number of carbonyl (C=O) groups excluding carboxylic acids is 1. The van der Waals surface area contributed by atoms with Gasteiger partial charge in [0.15, 0.2) is 5.58 Å². The molecule has 0 saturated heterocycles. The van der Waals surface area contributed by atoms with Crippen LogP contribution in [0.4, 0.5) is 0 Å². The lowest BCUT2D eigenvalue weighted by atomic mass is 9.96. The van der Waals surface area contributed by atoms with E-state index in [-0.39, 0.29) is 18.2 Å².